The van der Waals surface area contributed by atoms with Crippen molar-refractivity contribution in [2.75, 3.05) is 45.2 Å². The Labute approximate surface area is 230 Å². The first-order valence-corrected chi connectivity index (χ1v) is 14.0. The van der Waals surface area contributed by atoms with Crippen LogP contribution in [0.3, 0.4) is 0 Å². The van der Waals surface area contributed by atoms with E-state index in [0.717, 1.165) is 55.2 Å². The van der Waals surface area contributed by atoms with Crippen molar-refractivity contribution in [2.45, 2.75) is 58.5 Å². The largest absolute Gasteiger partial charge is 0.491 e. The minimum absolute atomic E-state index is 0.0160. The monoisotopic (exact) mass is 534 g/mol. The summed E-state index contributed by atoms with van der Waals surface area (Å²) in [7, 11) is 1.86. The van der Waals surface area contributed by atoms with Gasteiger partial charge in [0.2, 0.25) is 5.95 Å². The van der Waals surface area contributed by atoms with Gasteiger partial charge in [-0.1, -0.05) is 19.9 Å². The van der Waals surface area contributed by atoms with Gasteiger partial charge in [-0.3, -0.25) is 14.7 Å². The third kappa shape index (κ3) is 5.50. The molecule has 1 aromatic carbocycles. The van der Waals surface area contributed by atoms with E-state index in [-0.39, 0.29) is 17.1 Å². The molecule has 0 bridgehead atoms. The zero-order chi connectivity index (χ0) is 27.6. The zero-order valence-electron chi connectivity index (χ0n) is 23.5. The number of halogens is 1. The van der Waals surface area contributed by atoms with Gasteiger partial charge in [0.05, 0.1) is 19.3 Å². The summed E-state index contributed by atoms with van der Waals surface area (Å²) in [4.78, 5) is 27.0. The fourth-order valence-electron chi connectivity index (χ4n) is 5.87. The molecule has 1 saturated carbocycles. The molecule has 208 valence electrons. The lowest BCUT2D eigenvalue weighted by Gasteiger charge is -2.37. The van der Waals surface area contributed by atoms with Gasteiger partial charge in [-0.25, -0.2) is 9.37 Å². The standard InChI is InChI=1S/C30H39FN6O2/c1-5-35(6-2)19-22-14-21(18-36-13-11-33-29(36)32-4)15-24-27(22)30(9-10-30)20-37(28(24)38)12-8-23-16-26(39-7-3)25(31)17-34-23/h11,13-17H,5-10,12,18-20H2,1-4H3,(H,32,33). The lowest BCUT2D eigenvalue weighted by Crippen LogP contribution is -2.45. The number of fused-ring (bicyclic) bond motifs is 2. The van der Waals surface area contributed by atoms with Crippen LogP contribution in [-0.2, 0) is 24.9 Å². The normalized spacial score (nSPS) is 15.6. The average Bonchev–Trinajstić information content (AvgIpc) is 3.56. The molecular weight excluding hydrogens is 495 g/mol. The van der Waals surface area contributed by atoms with Gasteiger partial charge < -0.3 is 19.5 Å². The summed E-state index contributed by atoms with van der Waals surface area (Å²) in [5.74, 6) is 0.607. The highest BCUT2D eigenvalue weighted by molar-refractivity contribution is 5.98. The van der Waals surface area contributed by atoms with Gasteiger partial charge in [-0.05, 0) is 55.6 Å². The molecule has 0 radical (unpaired) electrons. The second kappa shape index (κ2) is 11.3. The highest BCUT2D eigenvalue weighted by atomic mass is 19.1. The predicted octanol–water partition coefficient (Wildman–Crippen LogP) is 4.48. The SMILES string of the molecule is CCOc1cc(CCN2CC3(CC3)c3c(CN(CC)CC)cc(Cn4ccnc4NC)cc3C2=O)ncc1F. The van der Waals surface area contributed by atoms with Crippen LogP contribution in [0.2, 0.25) is 0 Å². The Morgan fingerprint density at radius 3 is 2.64 bits per heavy atom. The average molecular weight is 535 g/mol. The molecule has 5 rings (SSSR count). The first-order valence-electron chi connectivity index (χ1n) is 14.0. The van der Waals surface area contributed by atoms with Crippen molar-refractivity contribution in [3.63, 3.8) is 0 Å². The second-order valence-corrected chi connectivity index (χ2v) is 10.6. The van der Waals surface area contributed by atoms with E-state index in [1.54, 1.807) is 12.3 Å². The summed E-state index contributed by atoms with van der Waals surface area (Å²) in [5, 5.41) is 3.14. The van der Waals surface area contributed by atoms with Gasteiger partial charge in [-0.2, -0.15) is 0 Å². The molecule has 2 aliphatic rings. The maximum absolute atomic E-state index is 14.0. The zero-order valence-corrected chi connectivity index (χ0v) is 23.5. The summed E-state index contributed by atoms with van der Waals surface area (Å²) in [6.07, 6.45) is 7.67. The van der Waals surface area contributed by atoms with Crippen molar-refractivity contribution in [1.29, 1.82) is 0 Å². The van der Waals surface area contributed by atoms with Gasteiger partial charge in [-0.15, -0.1) is 0 Å². The van der Waals surface area contributed by atoms with Crippen molar-refractivity contribution < 1.29 is 13.9 Å². The number of rotatable bonds is 12. The number of pyridine rings is 1. The van der Waals surface area contributed by atoms with Crippen LogP contribution in [0, 0.1) is 5.82 Å². The van der Waals surface area contributed by atoms with Crippen LogP contribution in [0.5, 0.6) is 5.75 Å². The topological polar surface area (TPSA) is 75.5 Å². The number of aromatic nitrogens is 3. The lowest BCUT2D eigenvalue weighted by atomic mass is 9.81. The number of nitrogens with one attached hydrogen (secondary N) is 1. The maximum Gasteiger partial charge on any atom is 0.254 e. The third-order valence-corrected chi connectivity index (χ3v) is 8.07. The fraction of sp³-hybridized carbons (Fsp3) is 0.500. The van der Waals surface area contributed by atoms with Gasteiger partial charge in [0.15, 0.2) is 11.6 Å². The highest BCUT2D eigenvalue weighted by Gasteiger charge is 2.52. The van der Waals surface area contributed by atoms with Crippen LogP contribution < -0.4 is 10.1 Å². The van der Waals surface area contributed by atoms with Crippen LogP contribution in [0.1, 0.15) is 66.4 Å². The van der Waals surface area contributed by atoms with Crippen molar-refractivity contribution in [3.8, 4) is 5.75 Å². The number of ether oxygens (including phenoxy) is 1. The number of benzene rings is 1. The number of amides is 1. The minimum Gasteiger partial charge on any atom is -0.491 e. The van der Waals surface area contributed by atoms with E-state index in [4.69, 9.17) is 4.74 Å². The van der Waals surface area contributed by atoms with Gasteiger partial charge in [0.25, 0.3) is 5.91 Å². The number of hydrogen-bond donors (Lipinski definition) is 1. The minimum atomic E-state index is -0.465. The Hall–Kier alpha value is -3.46. The molecule has 1 N–H and O–H groups in total. The molecule has 1 amide bonds. The van der Waals surface area contributed by atoms with Gasteiger partial charge in [0, 0.05) is 68.2 Å². The summed E-state index contributed by atoms with van der Waals surface area (Å²) >= 11 is 0. The van der Waals surface area contributed by atoms with Crippen LogP contribution >= 0.6 is 0 Å². The van der Waals surface area contributed by atoms with Crippen LogP contribution in [0.4, 0.5) is 10.3 Å². The van der Waals surface area contributed by atoms with Crippen molar-refractivity contribution >= 4 is 11.9 Å². The fourth-order valence-corrected chi connectivity index (χ4v) is 5.87. The second-order valence-electron chi connectivity index (χ2n) is 10.6. The maximum atomic E-state index is 14.0. The Morgan fingerprint density at radius 1 is 1.15 bits per heavy atom. The van der Waals surface area contributed by atoms with E-state index < -0.39 is 5.82 Å². The molecule has 1 spiro atoms. The first kappa shape index (κ1) is 27.1. The number of anilines is 1. The molecule has 8 nitrogen and oxygen atoms in total. The summed E-state index contributed by atoms with van der Waals surface area (Å²) < 4.78 is 21.5. The number of nitrogens with zero attached hydrogens (tertiary/aromatic N) is 5. The quantitative estimate of drug-likeness (QED) is 0.369. The molecule has 0 saturated heterocycles. The molecule has 9 heteroatoms. The lowest BCUT2D eigenvalue weighted by molar-refractivity contribution is 0.0713. The molecule has 2 aromatic heterocycles. The Morgan fingerprint density at radius 2 is 1.95 bits per heavy atom. The predicted molar refractivity (Wildman–Crippen MR) is 150 cm³/mol. The first-order chi connectivity index (χ1) is 18.9. The molecule has 39 heavy (non-hydrogen) atoms. The summed E-state index contributed by atoms with van der Waals surface area (Å²) in [5.41, 5.74) is 5.17. The molecule has 0 unspecified atom stereocenters. The molecule has 1 aliphatic carbocycles. The van der Waals surface area contributed by atoms with E-state index in [1.807, 2.05) is 25.1 Å². The molecule has 3 heterocycles. The van der Waals surface area contributed by atoms with Crippen LogP contribution in [-0.4, -0.2) is 70.1 Å². The number of carbonyl (C=O) groups is 1. The van der Waals surface area contributed by atoms with E-state index >= 15 is 0 Å². The van der Waals surface area contributed by atoms with Crippen LogP contribution in [0.15, 0.2) is 36.8 Å². The molecular formula is C30H39FN6O2. The summed E-state index contributed by atoms with van der Waals surface area (Å²) in [6, 6.07) is 6.05. The smallest absolute Gasteiger partial charge is 0.254 e. The summed E-state index contributed by atoms with van der Waals surface area (Å²) in [6.45, 7) is 11.2. The number of carbonyl (C=O) groups excluding carboxylic acids is 1. The molecule has 1 fully saturated rings. The third-order valence-electron chi connectivity index (χ3n) is 8.07. The van der Waals surface area contributed by atoms with Crippen LogP contribution in [0.25, 0.3) is 0 Å². The van der Waals surface area contributed by atoms with Crippen molar-refractivity contribution in [2.24, 2.45) is 0 Å². The number of imidazole rings is 1. The molecule has 1 aliphatic heterocycles. The highest BCUT2D eigenvalue weighted by Crippen LogP contribution is 2.54. The Balaban J connectivity index is 1.47. The van der Waals surface area contributed by atoms with Crippen molar-refractivity contribution in [1.82, 2.24) is 24.3 Å². The van der Waals surface area contributed by atoms with E-state index in [0.29, 0.717) is 32.7 Å². The Bertz CT molecular complexity index is 1330. The molecule has 3 aromatic rings. The molecule has 0 atom stereocenters. The number of hydrogen-bond acceptors (Lipinski definition) is 6. The van der Waals surface area contributed by atoms with E-state index in [2.05, 4.69) is 50.7 Å². The van der Waals surface area contributed by atoms with E-state index in [9.17, 15) is 9.18 Å². The van der Waals surface area contributed by atoms with Gasteiger partial charge in [0.1, 0.15) is 0 Å². The van der Waals surface area contributed by atoms with E-state index in [1.165, 1.54) is 17.3 Å². The van der Waals surface area contributed by atoms with Gasteiger partial charge >= 0.3 is 0 Å². The van der Waals surface area contributed by atoms with Crippen molar-refractivity contribution in [3.05, 3.63) is 70.6 Å². The Kier molecular flexibility index (Phi) is 7.88.